The Kier molecular flexibility index (Phi) is 5.38. The lowest BCUT2D eigenvalue weighted by Gasteiger charge is -2.12. The first-order valence-electron chi connectivity index (χ1n) is 9.39. The second kappa shape index (κ2) is 7.72. The van der Waals surface area contributed by atoms with Crippen LogP contribution in [0.4, 0.5) is 5.88 Å². The van der Waals surface area contributed by atoms with E-state index in [1.165, 1.54) is 16.9 Å². The van der Waals surface area contributed by atoms with Gasteiger partial charge < -0.3 is 4.52 Å². The van der Waals surface area contributed by atoms with E-state index in [1.807, 2.05) is 24.3 Å². The predicted molar refractivity (Wildman–Crippen MR) is 122 cm³/mol. The number of sulfonamides is 1. The number of hydrogen-bond acceptors (Lipinski definition) is 5. The molecule has 1 N–H and O–H groups in total. The molecule has 0 amide bonds. The number of hydrogen-bond donors (Lipinski definition) is 1. The van der Waals surface area contributed by atoms with Crippen LogP contribution in [-0.2, 0) is 16.4 Å². The molecule has 0 bridgehead atoms. The Hall–Kier alpha value is -2.35. The lowest BCUT2D eigenvalue weighted by atomic mass is 9.97. The first kappa shape index (κ1) is 20.9. The molecule has 0 aliphatic heterocycles. The highest BCUT2D eigenvalue weighted by molar-refractivity contribution is 7.93. The van der Waals surface area contributed by atoms with E-state index in [0.29, 0.717) is 17.5 Å². The SMILES string of the molecule is Cc1cc(C)c(Cc2sc3ccccc3c2S(=O)(=O)Nc2onc(C)c2Cl)c(C)c1. The summed E-state index contributed by atoms with van der Waals surface area (Å²) in [5.41, 5.74) is 5.05. The highest BCUT2D eigenvalue weighted by atomic mass is 35.5. The summed E-state index contributed by atoms with van der Waals surface area (Å²) in [5, 5.41) is 4.57. The Balaban J connectivity index is 1.86. The highest BCUT2D eigenvalue weighted by Gasteiger charge is 2.28. The summed E-state index contributed by atoms with van der Waals surface area (Å²) in [6.45, 7) is 7.84. The number of fused-ring (bicyclic) bond motifs is 1. The van der Waals surface area contributed by atoms with E-state index in [1.54, 1.807) is 6.92 Å². The number of aryl methyl sites for hydroxylation is 4. The average Bonchev–Trinajstić information content (AvgIpc) is 3.19. The first-order valence-corrected chi connectivity index (χ1v) is 12.1. The largest absolute Gasteiger partial charge is 0.336 e. The summed E-state index contributed by atoms with van der Waals surface area (Å²) in [6, 6.07) is 11.8. The zero-order chi connectivity index (χ0) is 21.6. The van der Waals surface area contributed by atoms with Crippen molar-refractivity contribution >= 4 is 48.9 Å². The fourth-order valence-corrected chi connectivity index (χ4v) is 6.86. The molecular weight excluding hydrogens is 440 g/mol. The van der Waals surface area contributed by atoms with Crippen LogP contribution in [0.25, 0.3) is 10.1 Å². The van der Waals surface area contributed by atoms with Gasteiger partial charge in [-0.15, -0.1) is 11.3 Å². The van der Waals surface area contributed by atoms with E-state index >= 15 is 0 Å². The number of halogens is 1. The average molecular weight is 461 g/mol. The zero-order valence-corrected chi connectivity index (χ0v) is 19.4. The fourth-order valence-electron chi connectivity index (χ4n) is 3.73. The van der Waals surface area contributed by atoms with Crippen LogP contribution in [0, 0.1) is 27.7 Å². The van der Waals surface area contributed by atoms with Crippen LogP contribution in [0.3, 0.4) is 0 Å². The van der Waals surface area contributed by atoms with Crippen molar-refractivity contribution in [1.29, 1.82) is 0 Å². The Morgan fingerprint density at radius 1 is 1.10 bits per heavy atom. The van der Waals surface area contributed by atoms with Gasteiger partial charge in [0.2, 0.25) is 0 Å². The summed E-state index contributed by atoms with van der Waals surface area (Å²) in [6.07, 6.45) is 0.525. The van der Waals surface area contributed by atoms with Gasteiger partial charge in [-0.05, 0) is 50.5 Å². The lowest BCUT2D eigenvalue weighted by Crippen LogP contribution is -2.14. The molecule has 0 fully saturated rings. The van der Waals surface area contributed by atoms with Gasteiger partial charge >= 0.3 is 0 Å². The van der Waals surface area contributed by atoms with Crippen molar-refractivity contribution in [3.05, 3.63) is 74.2 Å². The molecule has 156 valence electrons. The monoisotopic (exact) mass is 460 g/mol. The number of nitrogens with zero attached hydrogens (tertiary/aromatic N) is 1. The van der Waals surface area contributed by atoms with Crippen molar-refractivity contribution in [2.75, 3.05) is 4.72 Å². The normalized spacial score (nSPS) is 11.9. The van der Waals surface area contributed by atoms with Crippen LogP contribution in [0.2, 0.25) is 5.02 Å². The molecule has 4 aromatic rings. The van der Waals surface area contributed by atoms with Crippen LogP contribution in [-0.4, -0.2) is 13.6 Å². The number of thiophene rings is 1. The van der Waals surface area contributed by atoms with Crippen LogP contribution in [0.5, 0.6) is 0 Å². The molecule has 2 heterocycles. The van der Waals surface area contributed by atoms with Gasteiger partial charge in [0, 0.05) is 21.4 Å². The highest BCUT2D eigenvalue weighted by Crippen LogP contribution is 2.38. The Labute approximate surface area is 184 Å². The third-order valence-electron chi connectivity index (χ3n) is 5.08. The molecule has 2 aromatic carbocycles. The van der Waals surface area contributed by atoms with E-state index in [4.69, 9.17) is 16.1 Å². The van der Waals surface area contributed by atoms with Gasteiger partial charge in [-0.1, -0.05) is 52.7 Å². The summed E-state index contributed by atoms with van der Waals surface area (Å²) >= 11 is 7.63. The minimum atomic E-state index is -3.95. The Morgan fingerprint density at radius 2 is 1.77 bits per heavy atom. The summed E-state index contributed by atoms with van der Waals surface area (Å²) < 4.78 is 35.3. The summed E-state index contributed by atoms with van der Waals surface area (Å²) in [4.78, 5) is 1.03. The second-order valence-electron chi connectivity index (χ2n) is 7.42. The summed E-state index contributed by atoms with van der Waals surface area (Å²) in [7, 11) is -3.95. The molecule has 0 aliphatic rings. The van der Waals surface area contributed by atoms with E-state index in [-0.39, 0.29) is 15.8 Å². The van der Waals surface area contributed by atoms with Crippen molar-refractivity contribution in [2.24, 2.45) is 0 Å². The van der Waals surface area contributed by atoms with Gasteiger partial charge in [0.05, 0.1) is 0 Å². The van der Waals surface area contributed by atoms with E-state index in [9.17, 15) is 8.42 Å². The van der Waals surface area contributed by atoms with Gasteiger partial charge in [0.25, 0.3) is 15.9 Å². The molecule has 8 heteroatoms. The van der Waals surface area contributed by atoms with Crippen molar-refractivity contribution < 1.29 is 12.9 Å². The molecule has 0 saturated carbocycles. The maximum absolute atomic E-state index is 13.4. The maximum atomic E-state index is 13.4. The second-order valence-corrected chi connectivity index (χ2v) is 10.6. The topological polar surface area (TPSA) is 72.2 Å². The molecule has 2 aromatic heterocycles. The third kappa shape index (κ3) is 3.73. The molecule has 0 atom stereocenters. The van der Waals surface area contributed by atoms with Gasteiger partial charge in [-0.3, -0.25) is 0 Å². The number of anilines is 1. The lowest BCUT2D eigenvalue weighted by molar-refractivity contribution is 0.430. The molecule has 0 aliphatic carbocycles. The van der Waals surface area contributed by atoms with Gasteiger partial charge in [-0.2, -0.15) is 0 Å². The minimum Gasteiger partial charge on any atom is -0.336 e. The minimum absolute atomic E-state index is 0.0712. The van der Waals surface area contributed by atoms with E-state index in [2.05, 4.69) is 42.8 Å². The summed E-state index contributed by atoms with van der Waals surface area (Å²) in [5.74, 6) is -0.0712. The third-order valence-corrected chi connectivity index (χ3v) is 8.29. The van der Waals surface area contributed by atoms with Crippen molar-refractivity contribution in [1.82, 2.24) is 5.16 Å². The molecule has 0 unspecified atom stereocenters. The molecule has 30 heavy (non-hydrogen) atoms. The Morgan fingerprint density at radius 3 is 2.40 bits per heavy atom. The van der Waals surface area contributed by atoms with Gasteiger partial charge in [-0.25, -0.2) is 13.1 Å². The van der Waals surface area contributed by atoms with Crippen molar-refractivity contribution in [3.8, 4) is 0 Å². The molecule has 4 rings (SSSR count). The molecular formula is C22H21ClN2O3S2. The van der Waals surface area contributed by atoms with Gasteiger partial charge in [0.15, 0.2) is 0 Å². The van der Waals surface area contributed by atoms with Crippen LogP contribution >= 0.6 is 22.9 Å². The molecule has 5 nitrogen and oxygen atoms in total. The predicted octanol–water partition coefficient (Wildman–Crippen LogP) is 6.17. The van der Waals surface area contributed by atoms with Crippen LogP contribution in [0.15, 0.2) is 45.8 Å². The number of aromatic nitrogens is 1. The number of rotatable bonds is 5. The van der Waals surface area contributed by atoms with Crippen LogP contribution in [0.1, 0.15) is 32.8 Å². The van der Waals surface area contributed by atoms with Crippen molar-refractivity contribution in [3.63, 3.8) is 0 Å². The molecule has 0 saturated heterocycles. The van der Waals surface area contributed by atoms with E-state index in [0.717, 1.165) is 26.3 Å². The smallest absolute Gasteiger partial charge is 0.266 e. The number of nitrogens with one attached hydrogen (secondary N) is 1. The quantitative estimate of drug-likeness (QED) is 0.386. The fraction of sp³-hybridized carbons (Fsp3) is 0.227. The molecule has 0 radical (unpaired) electrons. The van der Waals surface area contributed by atoms with Crippen molar-refractivity contribution in [2.45, 2.75) is 39.0 Å². The first-order chi connectivity index (χ1) is 14.2. The van der Waals surface area contributed by atoms with E-state index < -0.39 is 10.0 Å². The van der Waals surface area contributed by atoms with Gasteiger partial charge in [0.1, 0.15) is 15.6 Å². The van der Waals surface area contributed by atoms with Crippen LogP contribution < -0.4 is 4.72 Å². The standard InChI is InChI=1S/C22H21ClN2O3S2/c1-12-9-13(2)17(14(3)10-12)11-19-21(16-7-5-6-8-18(16)29-19)30(26,27)25-22-20(23)15(4)24-28-22/h5-10,25H,11H2,1-4H3. The zero-order valence-electron chi connectivity index (χ0n) is 17.0. The maximum Gasteiger partial charge on any atom is 0.266 e. The Bertz CT molecular complexity index is 1350. The molecule has 0 spiro atoms. The number of benzene rings is 2.